The van der Waals surface area contributed by atoms with Crippen molar-refractivity contribution >= 4 is 23.4 Å². The Morgan fingerprint density at radius 1 is 1.17 bits per heavy atom. The molecule has 4 N–H and O–H groups in total. The number of thiocarbonyl (C=S) groups is 1. The van der Waals surface area contributed by atoms with Crippen LogP contribution in [-0.2, 0) is 19.6 Å². The van der Waals surface area contributed by atoms with Gasteiger partial charge in [0.1, 0.15) is 0 Å². The van der Waals surface area contributed by atoms with Crippen molar-refractivity contribution in [3.05, 3.63) is 71.1 Å². The van der Waals surface area contributed by atoms with Crippen LogP contribution in [0.3, 0.4) is 0 Å². The third kappa shape index (κ3) is 4.61. The Morgan fingerprint density at radius 3 is 2.48 bits per heavy atom. The number of aromatic nitrogens is 1. The van der Waals surface area contributed by atoms with Gasteiger partial charge in [-0.1, -0.05) is 36.9 Å². The van der Waals surface area contributed by atoms with Crippen LogP contribution in [0.1, 0.15) is 27.9 Å². The summed E-state index contributed by atoms with van der Waals surface area (Å²) in [5.41, 5.74) is 11.2. The summed E-state index contributed by atoms with van der Waals surface area (Å²) in [6.45, 7) is 7.63. The monoisotopic (exact) mass is 326 g/mol. The van der Waals surface area contributed by atoms with Gasteiger partial charge in [0.2, 0.25) is 0 Å². The fourth-order valence-corrected chi connectivity index (χ4v) is 2.55. The molecule has 5 heteroatoms. The predicted octanol–water partition coefficient (Wildman–Crippen LogP) is 2.66. The lowest BCUT2D eigenvalue weighted by Crippen LogP contribution is -2.34. The summed E-state index contributed by atoms with van der Waals surface area (Å²) in [7, 11) is 0. The van der Waals surface area contributed by atoms with Crippen molar-refractivity contribution in [2.45, 2.75) is 26.6 Å². The number of hydrogen-bond acceptors (Lipinski definition) is 3. The maximum atomic E-state index is 5.75. The van der Waals surface area contributed by atoms with Gasteiger partial charge in [-0.2, -0.15) is 0 Å². The van der Waals surface area contributed by atoms with E-state index in [1.54, 1.807) is 6.20 Å². The number of nitrogens with two attached hydrogens (primary N) is 1. The Bertz CT molecular complexity index is 697. The minimum Gasteiger partial charge on any atom is -0.359 e. The van der Waals surface area contributed by atoms with Crippen LogP contribution in [-0.4, -0.2) is 10.1 Å². The summed E-state index contributed by atoms with van der Waals surface area (Å²) in [4.78, 5) is 4.27. The smallest absolute Gasteiger partial charge is 0.166 e. The molecule has 120 valence electrons. The van der Waals surface area contributed by atoms with E-state index in [1.165, 1.54) is 0 Å². The highest BCUT2D eigenvalue weighted by atomic mass is 32.1. The summed E-state index contributed by atoms with van der Waals surface area (Å²) in [5.74, 6) is 0. The normalized spacial score (nSPS) is 10.2. The van der Waals surface area contributed by atoms with Gasteiger partial charge in [-0.25, -0.2) is 0 Å². The fourth-order valence-electron chi connectivity index (χ4n) is 2.41. The Kier molecular flexibility index (Phi) is 6.26. The molecule has 1 heterocycles. The molecule has 2 aromatic rings. The highest BCUT2D eigenvalue weighted by Gasteiger charge is 2.05. The molecule has 0 saturated carbocycles. The molecule has 4 nitrogen and oxygen atoms in total. The number of nitrogens with one attached hydrogen (secondary N) is 2. The molecule has 0 aliphatic rings. The molecule has 0 amide bonds. The third-order valence-corrected chi connectivity index (χ3v) is 3.99. The van der Waals surface area contributed by atoms with Crippen molar-refractivity contribution in [1.82, 2.24) is 15.6 Å². The second-order valence-corrected chi connectivity index (χ2v) is 5.59. The van der Waals surface area contributed by atoms with E-state index in [2.05, 4.69) is 28.3 Å². The van der Waals surface area contributed by atoms with E-state index < -0.39 is 0 Å². The largest absolute Gasteiger partial charge is 0.359 e. The molecule has 0 radical (unpaired) electrons. The van der Waals surface area contributed by atoms with Gasteiger partial charge in [-0.15, -0.1) is 0 Å². The van der Waals surface area contributed by atoms with E-state index in [0.717, 1.165) is 27.9 Å². The molecular weight excluding hydrogens is 304 g/mol. The lowest BCUT2D eigenvalue weighted by Gasteiger charge is -2.14. The SMILES string of the molecule is C=Cc1c(CNC(=S)NCc2ccccc2CN)ccnc1C. The standard InChI is InChI=1S/C18H22N4S/c1-3-17-13(2)20-9-8-16(17)12-22-18(23)21-11-15-7-5-4-6-14(15)10-19/h3-9H,1,10-12,19H2,2H3,(H2,21,22,23). The average molecular weight is 326 g/mol. The maximum absolute atomic E-state index is 5.75. The van der Waals surface area contributed by atoms with Crippen LogP contribution >= 0.6 is 12.2 Å². The Hall–Kier alpha value is -2.24. The topological polar surface area (TPSA) is 63.0 Å². The highest BCUT2D eigenvalue weighted by molar-refractivity contribution is 7.80. The summed E-state index contributed by atoms with van der Waals surface area (Å²) in [5, 5.41) is 7.05. The lowest BCUT2D eigenvalue weighted by atomic mass is 10.1. The van der Waals surface area contributed by atoms with Gasteiger partial charge in [0.15, 0.2) is 5.11 Å². The number of hydrogen-bond donors (Lipinski definition) is 3. The van der Waals surface area contributed by atoms with E-state index in [-0.39, 0.29) is 0 Å². The first kappa shape index (κ1) is 17.1. The van der Waals surface area contributed by atoms with E-state index in [9.17, 15) is 0 Å². The molecule has 0 unspecified atom stereocenters. The zero-order valence-corrected chi connectivity index (χ0v) is 14.1. The van der Waals surface area contributed by atoms with Crippen LogP contribution in [0.2, 0.25) is 0 Å². The molecule has 23 heavy (non-hydrogen) atoms. The van der Waals surface area contributed by atoms with Crippen LogP contribution in [0.15, 0.2) is 43.1 Å². The van der Waals surface area contributed by atoms with Crippen molar-refractivity contribution in [2.75, 3.05) is 0 Å². The van der Waals surface area contributed by atoms with Gasteiger partial charge in [-0.3, -0.25) is 4.98 Å². The van der Waals surface area contributed by atoms with Crippen LogP contribution in [0.4, 0.5) is 0 Å². The fraction of sp³-hybridized carbons (Fsp3) is 0.222. The third-order valence-electron chi connectivity index (χ3n) is 3.70. The molecular formula is C18H22N4S. The van der Waals surface area contributed by atoms with E-state index in [0.29, 0.717) is 24.7 Å². The van der Waals surface area contributed by atoms with Crippen molar-refractivity contribution in [3.63, 3.8) is 0 Å². The lowest BCUT2D eigenvalue weighted by molar-refractivity contribution is 0.821. The van der Waals surface area contributed by atoms with Crippen LogP contribution in [0.25, 0.3) is 6.08 Å². The van der Waals surface area contributed by atoms with Crippen molar-refractivity contribution < 1.29 is 0 Å². The van der Waals surface area contributed by atoms with Crippen LogP contribution in [0, 0.1) is 6.92 Å². The Labute approximate surface area is 142 Å². The predicted molar refractivity (Wildman–Crippen MR) is 99.7 cm³/mol. The number of pyridine rings is 1. The number of nitrogens with zero attached hydrogens (tertiary/aromatic N) is 1. The quantitative estimate of drug-likeness (QED) is 0.712. The summed E-state index contributed by atoms with van der Waals surface area (Å²) in [6.07, 6.45) is 3.63. The van der Waals surface area contributed by atoms with Gasteiger partial charge >= 0.3 is 0 Å². The van der Waals surface area contributed by atoms with Gasteiger partial charge < -0.3 is 16.4 Å². The van der Waals surface area contributed by atoms with E-state index in [1.807, 2.05) is 37.3 Å². The minimum atomic E-state index is 0.525. The molecule has 0 fully saturated rings. The van der Waals surface area contributed by atoms with Crippen LogP contribution in [0.5, 0.6) is 0 Å². The molecule has 0 aliphatic carbocycles. The highest BCUT2D eigenvalue weighted by Crippen LogP contribution is 2.13. The zero-order chi connectivity index (χ0) is 16.7. The van der Waals surface area contributed by atoms with Gasteiger partial charge in [0.05, 0.1) is 0 Å². The second-order valence-electron chi connectivity index (χ2n) is 5.18. The maximum Gasteiger partial charge on any atom is 0.166 e. The summed E-state index contributed by atoms with van der Waals surface area (Å²) in [6, 6.07) is 10.1. The molecule has 0 spiro atoms. The number of rotatable bonds is 6. The average Bonchev–Trinajstić information content (AvgIpc) is 2.58. The molecule has 1 aromatic heterocycles. The molecule has 1 aromatic carbocycles. The minimum absolute atomic E-state index is 0.525. The first-order valence-electron chi connectivity index (χ1n) is 7.51. The van der Waals surface area contributed by atoms with E-state index in [4.69, 9.17) is 18.0 Å². The Morgan fingerprint density at radius 2 is 1.83 bits per heavy atom. The van der Waals surface area contributed by atoms with Crippen LogP contribution < -0.4 is 16.4 Å². The van der Waals surface area contributed by atoms with Crippen molar-refractivity contribution in [1.29, 1.82) is 0 Å². The van der Waals surface area contributed by atoms with Crippen molar-refractivity contribution in [2.24, 2.45) is 5.73 Å². The Balaban J connectivity index is 1.91. The first-order chi connectivity index (χ1) is 11.2. The molecule has 0 bridgehead atoms. The molecule has 2 rings (SSSR count). The second kappa shape index (κ2) is 8.41. The van der Waals surface area contributed by atoms with E-state index >= 15 is 0 Å². The molecule has 0 saturated heterocycles. The zero-order valence-electron chi connectivity index (χ0n) is 13.3. The van der Waals surface area contributed by atoms with Gasteiger partial charge in [0.25, 0.3) is 0 Å². The van der Waals surface area contributed by atoms with Gasteiger partial charge in [-0.05, 0) is 41.9 Å². The molecule has 0 atom stereocenters. The number of benzene rings is 1. The number of aryl methyl sites for hydroxylation is 1. The first-order valence-corrected chi connectivity index (χ1v) is 7.92. The summed E-state index contributed by atoms with van der Waals surface area (Å²) >= 11 is 5.35. The van der Waals surface area contributed by atoms with Crippen molar-refractivity contribution in [3.8, 4) is 0 Å². The summed E-state index contributed by atoms with van der Waals surface area (Å²) < 4.78 is 0. The van der Waals surface area contributed by atoms with Gasteiger partial charge in [0, 0.05) is 37.1 Å². The molecule has 0 aliphatic heterocycles.